The monoisotopic (exact) mass is 210 g/mol. The molecule has 2 heterocycles. The Morgan fingerprint density at radius 2 is 2.21 bits per heavy atom. The first-order valence-electron chi connectivity index (χ1n) is 3.76. The fourth-order valence-corrected chi connectivity index (χ4v) is 1.64. The minimum absolute atomic E-state index is 0.193. The highest BCUT2D eigenvalue weighted by molar-refractivity contribution is 7.93. The lowest BCUT2D eigenvalue weighted by molar-refractivity contribution is 0.457. The third-order valence-electron chi connectivity index (χ3n) is 1.46. The molecule has 14 heavy (non-hydrogen) atoms. The SMILES string of the molecule is O=S1(=O)C=C(Oc2cccnc2)C=N1. The van der Waals surface area contributed by atoms with Gasteiger partial charge in [-0.25, -0.2) is 0 Å². The smallest absolute Gasteiger partial charge is 0.279 e. The molecule has 6 heteroatoms. The first kappa shape index (κ1) is 8.89. The number of pyridine rings is 1. The third kappa shape index (κ3) is 1.97. The van der Waals surface area contributed by atoms with E-state index in [1.807, 2.05) is 0 Å². The summed E-state index contributed by atoms with van der Waals surface area (Å²) in [6.07, 6.45) is 4.24. The highest BCUT2D eigenvalue weighted by Crippen LogP contribution is 2.14. The van der Waals surface area contributed by atoms with E-state index < -0.39 is 10.0 Å². The molecule has 0 bridgehead atoms. The maximum Gasteiger partial charge on any atom is 0.279 e. The molecule has 0 N–H and O–H groups in total. The first-order valence-corrected chi connectivity index (χ1v) is 5.26. The number of hydrogen-bond donors (Lipinski definition) is 0. The average Bonchev–Trinajstić information content (AvgIpc) is 2.47. The number of allylic oxidation sites excluding steroid dienone is 1. The summed E-state index contributed by atoms with van der Waals surface area (Å²) in [5.74, 6) is 0.667. The standard InChI is InChI=1S/C8H6N2O3S/c11-14(12)6-8(5-10-14)13-7-2-1-3-9-4-7/h1-6H. The average molecular weight is 210 g/mol. The van der Waals surface area contributed by atoms with Crippen LogP contribution in [0.1, 0.15) is 0 Å². The molecule has 0 aromatic carbocycles. The highest BCUT2D eigenvalue weighted by atomic mass is 32.2. The van der Waals surface area contributed by atoms with Gasteiger partial charge in [0, 0.05) is 6.20 Å². The van der Waals surface area contributed by atoms with E-state index in [1.54, 1.807) is 18.3 Å². The van der Waals surface area contributed by atoms with Crippen LogP contribution >= 0.6 is 0 Å². The molecule has 1 aromatic rings. The van der Waals surface area contributed by atoms with Crippen LogP contribution in [0.5, 0.6) is 5.75 Å². The fraction of sp³-hybridized carbons (Fsp3) is 0. The molecule has 0 spiro atoms. The Bertz CT molecular complexity index is 491. The largest absolute Gasteiger partial charge is 0.453 e. The Morgan fingerprint density at radius 3 is 2.79 bits per heavy atom. The molecule has 0 amide bonds. The van der Waals surface area contributed by atoms with Crippen LogP contribution in [0.3, 0.4) is 0 Å². The Morgan fingerprint density at radius 1 is 1.36 bits per heavy atom. The van der Waals surface area contributed by atoms with Gasteiger partial charge in [0.05, 0.1) is 17.8 Å². The van der Waals surface area contributed by atoms with Gasteiger partial charge in [0.2, 0.25) is 0 Å². The van der Waals surface area contributed by atoms with Gasteiger partial charge in [0.25, 0.3) is 10.0 Å². The normalized spacial score (nSPS) is 17.9. The van der Waals surface area contributed by atoms with Crippen LogP contribution < -0.4 is 4.74 Å². The van der Waals surface area contributed by atoms with Gasteiger partial charge in [-0.2, -0.15) is 12.8 Å². The van der Waals surface area contributed by atoms with E-state index in [4.69, 9.17) is 4.74 Å². The van der Waals surface area contributed by atoms with Gasteiger partial charge in [0.1, 0.15) is 5.75 Å². The molecule has 2 rings (SSSR count). The summed E-state index contributed by atoms with van der Waals surface area (Å²) >= 11 is 0. The quantitative estimate of drug-likeness (QED) is 0.721. The van der Waals surface area contributed by atoms with Crippen LogP contribution in [-0.4, -0.2) is 19.6 Å². The zero-order chi connectivity index (χ0) is 10.0. The second-order valence-electron chi connectivity index (χ2n) is 2.56. The lowest BCUT2D eigenvalue weighted by Gasteiger charge is -2.00. The number of nitrogens with zero attached hydrogens (tertiary/aromatic N) is 2. The lowest BCUT2D eigenvalue weighted by atomic mass is 10.4. The van der Waals surface area contributed by atoms with E-state index in [0.717, 1.165) is 11.6 Å². The minimum Gasteiger partial charge on any atom is -0.453 e. The van der Waals surface area contributed by atoms with Crippen molar-refractivity contribution in [2.75, 3.05) is 0 Å². The molecule has 5 nitrogen and oxygen atoms in total. The summed E-state index contributed by atoms with van der Waals surface area (Å²) in [5.41, 5.74) is 0. The molecule has 0 fully saturated rings. The molecular weight excluding hydrogens is 204 g/mol. The van der Waals surface area contributed by atoms with Crippen molar-refractivity contribution in [3.8, 4) is 5.75 Å². The van der Waals surface area contributed by atoms with Crippen molar-refractivity contribution in [2.24, 2.45) is 4.40 Å². The molecule has 1 aliphatic rings. The minimum atomic E-state index is -3.45. The van der Waals surface area contributed by atoms with Crippen molar-refractivity contribution in [1.82, 2.24) is 4.98 Å². The van der Waals surface area contributed by atoms with Gasteiger partial charge in [-0.1, -0.05) is 0 Å². The first-order chi connectivity index (χ1) is 6.66. The van der Waals surface area contributed by atoms with E-state index in [-0.39, 0.29) is 5.76 Å². The van der Waals surface area contributed by atoms with E-state index in [1.165, 1.54) is 6.20 Å². The van der Waals surface area contributed by atoms with Gasteiger partial charge < -0.3 is 4.74 Å². The van der Waals surface area contributed by atoms with Crippen molar-refractivity contribution in [2.45, 2.75) is 0 Å². The van der Waals surface area contributed by atoms with Crippen LogP contribution in [0.2, 0.25) is 0 Å². The van der Waals surface area contributed by atoms with Crippen molar-refractivity contribution in [3.05, 3.63) is 35.7 Å². The Kier molecular flexibility index (Phi) is 2.05. The summed E-state index contributed by atoms with van der Waals surface area (Å²) in [4.78, 5) is 3.82. The molecule has 0 saturated carbocycles. The fourth-order valence-electron chi connectivity index (χ4n) is 0.927. The zero-order valence-electron chi connectivity index (χ0n) is 6.99. The van der Waals surface area contributed by atoms with Crippen LogP contribution in [0, 0.1) is 0 Å². The van der Waals surface area contributed by atoms with Gasteiger partial charge >= 0.3 is 0 Å². The van der Waals surface area contributed by atoms with Gasteiger partial charge in [-0.15, -0.1) is 0 Å². The predicted octanol–water partition coefficient (Wildman–Crippen LogP) is 0.716. The van der Waals surface area contributed by atoms with Crippen LogP contribution in [0.25, 0.3) is 0 Å². The lowest BCUT2D eigenvalue weighted by Crippen LogP contribution is -1.94. The number of ether oxygens (including phenoxy) is 1. The molecule has 1 aliphatic heterocycles. The summed E-state index contributed by atoms with van der Waals surface area (Å²) < 4.78 is 30.2. The Labute approximate surface area is 80.8 Å². The molecule has 72 valence electrons. The van der Waals surface area contributed by atoms with Gasteiger partial charge in [-0.05, 0) is 12.1 Å². The molecule has 1 aromatic heterocycles. The zero-order valence-corrected chi connectivity index (χ0v) is 7.81. The van der Waals surface area contributed by atoms with Gasteiger partial charge in [-0.3, -0.25) is 4.98 Å². The van der Waals surface area contributed by atoms with Gasteiger partial charge in [0.15, 0.2) is 5.76 Å². The second kappa shape index (κ2) is 3.22. The van der Waals surface area contributed by atoms with E-state index >= 15 is 0 Å². The summed E-state index contributed by atoms with van der Waals surface area (Å²) in [7, 11) is -3.45. The van der Waals surface area contributed by atoms with E-state index in [9.17, 15) is 8.42 Å². The maximum atomic E-state index is 10.9. The summed E-state index contributed by atoms with van der Waals surface area (Å²) in [5, 5.41) is 0.958. The molecular formula is C8H6N2O3S. The highest BCUT2D eigenvalue weighted by Gasteiger charge is 2.14. The number of aromatic nitrogens is 1. The molecule has 0 unspecified atom stereocenters. The second-order valence-corrected chi connectivity index (χ2v) is 4.04. The van der Waals surface area contributed by atoms with E-state index in [0.29, 0.717) is 5.75 Å². The van der Waals surface area contributed by atoms with Crippen molar-refractivity contribution >= 4 is 16.2 Å². The Hall–Kier alpha value is -1.69. The molecule has 0 atom stereocenters. The van der Waals surface area contributed by atoms with Crippen molar-refractivity contribution in [1.29, 1.82) is 0 Å². The third-order valence-corrected chi connectivity index (χ3v) is 2.39. The van der Waals surface area contributed by atoms with Crippen LogP contribution in [0.4, 0.5) is 0 Å². The maximum absolute atomic E-state index is 10.9. The Balaban J connectivity index is 2.19. The topological polar surface area (TPSA) is 68.6 Å². The summed E-state index contributed by atoms with van der Waals surface area (Å²) in [6.45, 7) is 0. The van der Waals surface area contributed by atoms with Crippen molar-refractivity contribution < 1.29 is 13.2 Å². The number of rotatable bonds is 2. The van der Waals surface area contributed by atoms with Crippen LogP contribution in [0.15, 0.2) is 40.1 Å². The van der Waals surface area contributed by atoms with Crippen molar-refractivity contribution in [3.63, 3.8) is 0 Å². The molecule has 0 radical (unpaired) electrons. The van der Waals surface area contributed by atoms with Crippen LogP contribution in [-0.2, 0) is 10.0 Å². The van der Waals surface area contributed by atoms with E-state index in [2.05, 4.69) is 9.38 Å². The number of hydrogen-bond acceptors (Lipinski definition) is 4. The summed E-state index contributed by atoms with van der Waals surface area (Å²) in [6, 6.07) is 3.36. The predicted molar refractivity (Wildman–Crippen MR) is 50.4 cm³/mol. The molecule has 0 aliphatic carbocycles. The molecule has 0 saturated heterocycles. The number of sulfonamides is 1.